The predicted molar refractivity (Wildman–Crippen MR) is 36.8 cm³/mol. The molecule has 1 aromatic rings. The van der Waals surface area contributed by atoms with Gasteiger partial charge in [-0.1, -0.05) is 0 Å². The maximum atomic E-state index is 10.8. The lowest BCUT2D eigenvalue weighted by Gasteiger charge is -1.93. The molecule has 0 fully saturated rings. The molecule has 0 aromatic carbocycles. The summed E-state index contributed by atoms with van der Waals surface area (Å²) in [6.45, 7) is 0. The van der Waals surface area contributed by atoms with Crippen molar-refractivity contribution < 1.29 is 9.15 Å². The van der Waals surface area contributed by atoms with Crippen molar-refractivity contribution in [2.75, 3.05) is 24.7 Å². The molecule has 0 aliphatic rings. The molecule has 2 N–H and O–H groups in total. The second kappa shape index (κ2) is 2.47. The van der Waals surface area contributed by atoms with Crippen molar-refractivity contribution >= 4 is 11.9 Å². The number of rotatable bonds is 2. The van der Waals surface area contributed by atoms with Gasteiger partial charge in [0.15, 0.2) is 6.20 Å². The quantitative estimate of drug-likeness (QED) is 0.451. The molecular weight excluding hydrogens is 134 g/mol. The van der Waals surface area contributed by atoms with E-state index in [0.717, 1.165) is 0 Å². The number of anilines is 2. The second-order valence-corrected chi connectivity index (χ2v) is 1.73. The number of oxazole rings is 1. The number of nitrogens with zero attached hydrogens (tertiary/aromatic N) is 1. The van der Waals surface area contributed by atoms with E-state index in [4.69, 9.17) is 4.42 Å². The van der Waals surface area contributed by atoms with E-state index in [0.29, 0.717) is 10.6 Å². The third kappa shape index (κ3) is 0.975. The number of nitrogens with one attached hydrogen (secondary N) is 2. The van der Waals surface area contributed by atoms with Crippen LogP contribution in [0.25, 0.3) is 0 Å². The lowest BCUT2D eigenvalue weighted by Crippen LogP contribution is -2.25. The van der Waals surface area contributed by atoms with Crippen LogP contribution in [-0.2, 0) is 0 Å². The normalized spacial score (nSPS) is 9.40. The van der Waals surface area contributed by atoms with Crippen molar-refractivity contribution in [1.82, 2.24) is 0 Å². The van der Waals surface area contributed by atoms with Crippen molar-refractivity contribution in [2.45, 2.75) is 0 Å². The van der Waals surface area contributed by atoms with Gasteiger partial charge in [0.1, 0.15) is 0 Å². The summed E-state index contributed by atoms with van der Waals surface area (Å²) in [5.74, 6) is 0.444. The van der Waals surface area contributed by atoms with Crippen molar-refractivity contribution in [3.8, 4) is 0 Å². The summed E-state index contributed by atoms with van der Waals surface area (Å²) in [5, 5.41) is 16.0. The molecular formula is C5H9N3O2. The Balaban J connectivity index is 2.92. The Morgan fingerprint density at radius 2 is 2.20 bits per heavy atom. The van der Waals surface area contributed by atoms with E-state index in [1.165, 1.54) is 6.20 Å². The Kier molecular flexibility index (Phi) is 1.66. The first-order valence-corrected chi connectivity index (χ1v) is 2.86. The molecule has 1 aromatic heterocycles. The van der Waals surface area contributed by atoms with Crippen LogP contribution in [0, 0.1) is 5.21 Å². The zero-order valence-corrected chi connectivity index (χ0v) is 5.84. The van der Waals surface area contributed by atoms with Gasteiger partial charge in [0.2, 0.25) is 5.88 Å². The summed E-state index contributed by atoms with van der Waals surface area (Å²) < 4.78 is 5.56. The van der Waals surface area contributed by atoms with Crippen molar-refractivity contribution in [3.63, 3.8) is 0 Å². The fourth-order valence-electron chi connectivity index (χ4n) is 0.617. The van der Waals surface area contributed by atoms with Gasteiger partial charge in [-0.05, 0) is 0 Å². The Hall–Kier alpha value is -1.39. The average Bonchev–Trinajstić information content (AvgIpc) is 2.30. The van der Waals surface area contributed by atoms with Crippen LogP contribution in [0.4, 0.5) is 11.9 Å². The minimum Gasteiger partial charge on any atom is -0.708 e. The SMILES string of the molecule is CNc1c[n+]([O-])c(NC)o1. The topological polar surface area (TPSA) is 64.1 Å². The first-order chi connectivity index (χ1) is 4.77. The number of aromatic nitrogens is 1. The van der Waals surface area contributed by atoms with Crippen LogP contribution >= 0.6 is 0 Å². The van der Waals surface area contributed by atoms with Gasteiger partial charge in [0, 0.05) is 7.05 Å². The van der Waals surface area contributed by atoms with Crippen molar-refractivity contribution in [1.29, 1.82) is 0 Å². The maximum Gasteiger partial charge on any atom is 0.459 e. The first-order valence-electron chi connectivity index (χ1n) is 2.86. The van der Waals surface area contributed by atoms with Crippen molar-refractivity contribution in [2.24, 2.45) is 0 Å². The minimum absolute atomic E-state index is 0.185. The highest BCUT2D eigenvalue weighted by Gasteiger charge is 2.07. The molecule has 0 bridgehead atoms. The number of hydrogen-bond acceptors (Lipinski definition) is 4. The predicted octanol–water partition coefficient (Wildman–Crippen LogP) is -0.00360. The molecule has 56 valence electrons. The van der Waals surface area contributed by atoms with Crippen LogP contribution in [0.1, 0.15) is 0 Å². The highest BCUT2D eigenvalue weighted by Crippen LogP contribution is 2.08. The van der Waals surface area contributed by atoms with E-state index < -0.39 is 0 Å². The fraction of sp³-hybridized carbons (Fsp3) is 0.400. The highest BCUT2D eigenvalue weighted by molar-refractivity contribution is 5.28. The molecule has 0 aliphatic heterocycles. The molecule has 0 radical (unpaired) electrons. The molecule has 0 saturated heterocycles. The summed E-state index contributed by atoms with van der Waals surface area (Å²) >= 11 is 0. The van der Waals surface area contributed by atoms with E-state index in [9.17, 15) is 5.21 Å². The van der Waals surface area contributed by atoms with E-state index in [-0.39, 0.29) is 6.01 Å². The second-order valence-electron chi connectivity index (χ2n) is 1.73. The molecule has 1 heterocycles. The Labute approximate surface area is 58.2 Å². The van der Waals surface area contributed by atoms with Crippen LogP contribution in [0.5, 0.6) is 0 Å². The third-order valence-electron chi connectivity index (χ3n) is 1.10. The lowest BCUT2D eigenvalue weighted by molar-refractivity contribution is -0.592. The van der Waals surface area contributed by atoms with Gasteiger partial charge in [0.25, 0.3) is 0 Å². The summed E-state index contributed by atoms with van der Waals surface area (Å²) in [6.07, 6.45) is 1.31. The first kappa shape index (κ1) is 6.73. The van der Waals surface area contributed by atoms with Gasteiger partial charge >= 0.3 is 6.01 Å². The highest BCUT2D eigenvalue weighted by atomic mass is 16.5. The van der Waals surface area contributed by atoms with Crippen LogP contribution in [0.2, 0.25) is 0 Å². The van der Waals surface area contributed by atoms with Crippen molar-refractivity contribution in [3.05, 3.63) is 11.4 Å². The molecule has 10 heavy (non-hydrogen) atoms. The monoisotopic (exact) mass is 143 g/mol. The van der Waals surface area contributed by atoms with Gasteiger partial charge in [-0.3, -0.25) is 0 Å². The van der Waals surface area contributed by atoms with Crippen LogP contribution in [0.15, 0.2) is 10.6 Å². The molecule has 0 saturated carbocycles. The summed E-state index contributed by atoms with van der Waals surface area (Å²) in [5.41, 5.74) is 0. The molecule has 0 aliphatic carbocycles. The molecule has 0 spiro atoms. The molecule has 0 unspecified atom stereocenters. The Morgan fingerprint density at radius 1 is 1.50 bits per heavy atom. The Morgan fingerprint density at radius 3 is 2.50 bits per heavy atom. The minimum atomic E-state index is 0.185. The number of hydrogen-bond donors (Lipinski definition) is 2. The molecule has 5 heteroatoms. The zero-order valence-electron chi connectivity index (χ0n) is 5.84. The van der Waals surface area contributed by atoms with Gasteiger partial charge in [-0.15, -0.1) is 0 Å². The van der Waals surface area contributed by atoms with Gasteiger partial charge < -0.3 is 14.9 Å². The van der Waals surface area contributed by atoms with Crippen LogP contribution < -0.4 is 15.4 Å². The molecule has 5 nitrogen and oxygen atoms in total. The fourth-order valence-corrected chi connectivity index (χ4v) is 0.617. The average molecular weight is 143 g/mol. The van der Waals surface area contributed by atoms with E-state index >= 15 is 0 Å². The van der Waals surface area contributed by atoms with Gasteiger partial charge in [-0.2, -0.15) is 4.73 Å². The molecule has 0 amide bonds. The van der Waals surface area contributed by atoms with E-state index in [2.05, 4.69) is 10.6 Å². The largest absolute Gasteiger partial charge is 0.708 e. The smallest absolute Gasteiger partial charge is 0.459 e. The molecule has 0 atom stereocenters. The molecule has 1 rings (SSSR count). The lowest BCUT2D eigenvalue weighted by atomic mass is 10.8. The maximum absolute atomic E-state index is 10.8. The zero-order chi connectivity index (χ0) is 7.56. The van der Waals surface area contributed by atoms with Crippen LogP contribution in [0.3, 0.4) is 0 Å². The summed E-state index contributed by atoms with van der Waals surface area (Å²) in [6, 6.07) is 0.185. The Bertz CT molecular complexity index is 221. The summed E-state index contributed by atoms with van der Waals surface area (Å²) in [4.78, 5) is 0. The van der Waals surface area contributed by atoms with Gasteiger partial charge in [-0.25, -0.2) is 5.32 Å². The van der Waals surface area contributed by atoms with E-state index in [1.807, 2.05) is 0 Å². The standard InChI is InChI=1S/C5H9N3O2/c1-6-4-3-8(9)5(7-2)10-4/h3,6-7H,1-2H3. The van der Waals surface area contributed by atoms with E-state index in [1.54, 1.807) is 14.1 Å². The van der Waals surface area contributed by atoms with Crippen LogP contribution in [-0.4, -0.2) is 14.1 Å². The summed E-state index contributed by atoms with van der Waals surface area (Å²) in [7, 11) is 3.30. The third-order valence-corrected chi connectivity index (χ3v) is 1.10. The van der Waals surface area contributed by atoms with Gasteiger partial charge in [0.05, 0.1) is 7.05 Å².